The Morgan fingerprint density at radius 2 is 0.680 bits per heavy atom. The smallest absolute Gasteiger partial charge is 0.217 e. The van der Waals surface area contributed by atoms with E-state index >= 15 is 0 Å². The summed E-state index contributed by atoms with van der Waals surface area (Å²) in [6.07, 6.45) is 20.7. The fraction of sp³-hybridized carbons (Fsp3) is 0.468. The van der Waals surface area contributed by atoms with Crippen LogP contribution in [0.25, 0.3) is 11.1 Å². The number of fused-ring (bicyclic) bond motifs is 9. The van der Waals surface area contributed by atoms with E-state index in [-0.39, 0.29) is 153 Å². The normalized spacial score (nSPS) is 20.0. The Labute approximate surface area is 922 Å². The average molecular weight is 2150 g/mol. The number of oxime groups is 1. The van der Waals surface area contributed by atoms with Crippen molar-refractivity contribution < 1.29 is 48.8 Å². The van der Waals surface area contributed by atoms with Gasteiger partial charge in [-0.05, 0) is 265 Å². The van der Waals surface area contributed by atoms with Crippen LogP contribution in [0, 0.1) is 11.8 Å². The summed E-state index contributed by atoms with van der Waals surface area (Å²) in [5.41, 5.74) is 28.8. The van der Waals surface area contributed by atoms with Crippen LogP contribution in [0.3, 0.4) is 0 Å². The van der Waals surface area contributed by atoms with E-state index in [0.717, 1.165) is 92.3 Å². The topological polar surface area (TPSA) is 291 Å². The molecule has 9 aromatic rings. The van der Waals surface area contributed by atoms with Crippen LogP contribution in [0.4, 0.5) is 0 Å². The number of carbonyl (C=O) groups excluding carboxylic acids is 8. The third kappa shape index (κ3) is 31.2. The van der Waals surface area contributed by atoms with Gasteiger partial charge in [-0.2, -0.15) is 0 Å². The average Bonchev–Trinajstić information content (AvgIpc) is 1.61. The first-order chi connectivity index (χ1) is 69.8. The Hall–Kier alpha value is -10.4. The molecule has 9 aliphatic carbocycles. The number of likely N-dealkylation sites (tertiary alicyclic amines) is 1. The molecule has 0 radical (unpaired) electrons. The van der Waals surface area contributed by atoms with E-state index in [1.54, 1.807) is 31.9 Å². The van der Waals surface area contributed by atoms with Gasteiger partial charge in [0.2, 0.25) is 29.5 Å². The lowest BCUT2D eigenvalue weighted by molar-refractivity contribution is -0.122. The van der Waals surface area contributed by atoms with Crippen molar-refractivity contribution in [2.45, 2.75) is 317 Å². The number of hydrogen-bond donors (Lipinski definition) is 9. The second-order valence-corrected chi connectivity index (χ2v) is 45.4. The number of ketones is 3. The highest BCUT2D eigenvalue weighted by Crippen LogP contribution is 2.47. The Bertz CT molecular complexity index is 5980. The van der Waals surface area contributed by atoms with Crippen molar-refractivity contribution >= 4 is 123 Å². The number of amides is 5. The number of allylic oxidation sites excluding steroid dienone is 4. The van der Waals surface area contributed by atoms with Gasteiger partial charge in [0.1, 0.15) is 5.78 Å². The molecule has 150 heavy (non-hydrogen) atoms. The SMILES string of the molecule is C.C1=C(C2CCNCC2)c2ccccc2C1.CC(=O)NC1Cc2cc(C(=O)CCl)ccc2C1(C)C.CC(=O)NC1Cc2ccc(C(=O)CCl)cc2C1(C)C.CC(=O)NC1Cc2ccccc2C1(C)C.CC(=O)NC1Cc2ccccc2C1(C)C.CC(=O)NC1Cc2ccccc2C1(C)C.CC1(C)/C(=N/O)Cc2ccccc21.CC1(C)C(=O)Cc2ccccc21.CCCCl.CCCN1CCC(C2=CCc3ccccc32)CC1.Cl.Cl.NO. The number of piperidine rings is 2. The number of Topliss-reactive ketones (excluding diaryl/α,β-unsaturated/α-hetero) is 3. The molecule has 5 atom stereocenters. The second kappa shape index (κ2) is 57.0. The number of nitrogens with one attached hydrogen (secondary N) is 6. The fourth-order valence-electron chi connectivity index (χ4n) is 23.1. The maximum absolute atomic E-state index is 11.7. The van der Waals surface area contributed by atoms with Gasteiger partial charge in [0.05, 0.1) is 17.5 Å². The monoisotopic (exact) mass is 2140 g/mol. The summed E-state index contributed by atoms with van der Waals surface area (Å²) in [6, 6.07) is 71.7. The molecule has 2 saturated heterocycles. The van der Waals surface area contributed by atoms with Crippen molar-refractivity contribution in [1.82, 2.24) is 36.8 Å². The van der Waals surface area contributed by atoms with E-state index in [0.29, 0.717) is 23.3 Å². The van der Waals surface area contributed by atoms with Crippen LogP contribution < -0.4 is 37.8 Å². The minimum atomic E-state index is -0.253. The maximum Gasteiger partial charge on any atom is 0.217 e. The molecule has 2 heterocycles. The molecular weight excluding hydrogens is 1980 g/mol. The molecule has 0 saturated carbocycles. The van der Waals surface area contributed by atoms with Crippen LogP contribution in [0.15, 0.2) is 224 Å². The van der Waals surface area contributed by atoms with Crippen molar-refractivity contribution in [2.75, 3.05) is 50.4 Å². The van der Waals surface area contributed by atoms with E-state index in [1.807, 2.05) is 87.5 Å². The quantitative estimate of drug-likeness (QED) is 0.0212. The largest absolute Gasteiger partial charge is 0.411 e. The van der Waals surface area contributed by atoms with E-state index in [1.165, 1.54) is 168 Å². The highest BCUT2D eigenvalue weighted by atomic mass is 35.5. The molecule has 2 aliphatic heterocycles. The van der Waals surface area contributed by atoms with Crippen LogP contribution >= 0.6 is 59.6 Å². The lowest BCUT2D eigenvalue weighted by Gasteiger charge is -2.32. The van der Waals surface area contributed by atoms with Crippen LogP contribution in [0.2, 0.25) is 0 Å². The van der Waals surface area contributed by atoms with E-state index in [4.69, 9.17) is 45.2 Å². The summed E-state index contributed by atoms with van der Waals surface area (Å²) < 4.78 is 0. The standard InChI is InChI=1S/C17H23N.2C15H18ClNO2.C14H17N.3C13H17NO.C11H13NO.C11H12O.C3H7Cl.CH4.2ClH.H3NO/c1-2-11-18-12-9-15(10-13-18)17-8-7-14-5-3-4-6-16(14)17;1-9(18)17-14-7-10-4-5-11(13(19)8-16)6-12(10)15(14,2)3;1-9(18)17-14-7-11-6-10(13(19)8-16)4-5-12(11)15(14,2)3;1-2-4-13-11(3-1)5-6-14(13)12-7-9-15-10-8-12;3*1-9(15)14-12-8-10-6-4-5-7-11(10)13(12,2)3;1-11(2)9-6-4-3-5-8(9)7-10(11)12-13;1-11(2)9-6-4-3-5-8(9)7-10(11)12;1-2-3-4;;;;1-2/h3-6,8,15H,2,7,9-13H2,1H3;2*4-6,14H,7-8H2,1-3H3,(H,17,18);1-4,6,12,15H,5,7-10H2;3*4-7,12H,8H2,1-3H3,(H,14,15);3-6,13H,7H2,1-2H3;3-6H,7H2,1-2H3;2-3H2,1H3;1H4;2*1H;2H,1H2/b;;;;;;;12-10+;;;;;;. The number of alkyl halides is 3. The molecule has 20 rings (SSSR count). The molecule has 5 amide bonds. The highest BCUT2D eigenvalue weighted by Gasteiger charge is 2.46. The van der Waals surface area contributed by atoms with Crippen molar-refractivity contribution in [3.05, 3.63) is 330 Å². The minimum Gasteiger partial charge on any atom is -0.411 e. The zero-order valence-electron chi connectivity index (χ0n) is 91.7. The summed E-state index contributed by atoms with van der Waals surface area (Å²) in [5, 5.41) is 37.3. The van der Waals surface area contributed by atoms with E-state index < -0.39 is 0 Å². The molecule has 0 spiro atoms. The lowest BCUT2D eigenvalue weighted by Crippen LogP contribution is -2.44. The molecule has 0 bridgehead atoms. The predicted molar refractivity (Wildman–Crippen MR) is 624 cm³/mol. The molecule has 812 valence electrons. The molecule has 0 aromatic heterocycles. The third-order valence-corrected chi connectivity index (χ3v) is 32.8. The Morgan fingerprint density at radius 1 is 0.380 bits per heavy atom. The van der Waals surface area contributed by atoms with Crippen LogP contribution in [-0.4, -0.2) is 148 Å². The summed E-state index contributed by atoms with van der Waals surface area (Å²) in [5.74, 6) is 6.22. The fourth-order valence-corrected chi connectivity index (χ4v) is 23.4. The van der Waals surface area contributed by atoms with Gasteiger partial charge in [-0.25, -0.2) is 5.90 Å². The number of carbonyl (C=O) groups is 8. The van der Waals surface area contributed by atoms with Gasteiger partial charge in [0, 0.05) is 133 Å². The Balaban J connectivity index is 0.000000227. The second-order valence-electron chi connectivity index (χ2n) is 44.5. The molecule has 19 nitrogen and oxygen atoms in total. The number of hydrogen-bond acceptors (Lipinski definition) is 14. The molecule has 10 N–H and O–H groups in total. The van der Waals surface area contributed by atoms with Gasteiger partial charge in [-0.3, -0.25) is 38.4 Å². The van der Waals surface area contributed by atoms with Gasteiger partial charge in [0.25, 0.3) is 0 Å². The molecule has 24 heteroatoms. The minimum absolute atomic E-state index is 0. The number of nitrogens with zero attached hydrogens (tertiary/aromatic N) is 2. The van der Waals surface area contributed by atoms with Crippen molar-refractivity contribution in [3.8, 4) is 0 Å². The highest BCUT2D eigenvalue weighted by molar-refractivity contribution is 6.31. The number of nitrogens with two attached hydrogens (primary N) is 1. The summed E-state index contributed by atoms with van der Waals surface area (Å²) >= 11 is 16.4. The third-order valence-electron chi connectivity index (χ3n) is 31.9. The van der Waals surface area contributed by atoms with Crippen molar-refractivity contribution in [3.63, 3.8) is 0 Å². The van der Waals surface area contributed by atoms with Crippen molar-refractivity contribution in [2.24, 2.45) is 22.9 Å². The summed E-state index contributed by atoms with van der Waals surface area (Å²) in [7, 11) is 0. The Morgan fingerprint density at radius 3 is 1.02 bits per heavy atom. The van der Waals surface area contributed by atoms with Crippen molar-refractivity contribution in [1.29, 1.82) is 0 Å². The first kappa shape index (κ1) is 126. The molecule has 5 unspecified atom stereocenters. The van der Waals surface area contributed by atoms with E-state index in [2.05, 4.69) is 290 Å². The van der Waals surface area contributed by atoms with Crippen LogP contribution in [0.1, 0.15) is 312 Å². The number of rotatable bonds is 14. The zero-order valence-corrected chi connectivity index (χ0v) is 95.6. The zero-order chi connectivity index (χ0) is 108. The van der Waals surface area contributed by atoms with Gasteiger partial charge in [0.15, 0.2) is 11.6 Å². The molecule has 2 fully saturated rings. The van der Waals surface area contributed by atoms with Crippen LogP contribution in [-0.2, 0) is 124 Å². The molecule has 9 aromatic carbocycles. The summed E-state index contributed by atoms with van der Waals surface area (Å²) in [4.78, 5) is 93.4. The molecule has 11 aliphatic rings. The van der Waals surface area contributed by atoms with Gasteiger partial charge < -0.3 is 47.2 Å². The lowest BCUT2D eigenvalue weighted by atomic mass is 9.82. The van der Waals surface area contributed by atoms with Gasteiger partial charge >= 0.3 is 0 Å². The van der Waals surface area contributed by atoms with Crippen LogP contribution in [0.5, 0.6) is 0 Å². The summed E-state index contributed by atoms with van der Waals surface area (Å²) in [6.45, 7) is 48.1. The number of benzene rings is 9. The van der Waals surface area contributed by atoms with Gasteiger partial charge in [-0.1, -0.05) is 316 Å². The van der Waals surface area contributed by atoms with Gasteiger partial charge in [-0.15, -0.1) is 59.6 Å². The predicted octanol–water partition coefficient (Wildman–Crippen LogP) is 24.2. The Kier molecular flexibility index (Phi) is 48.0. The first-order valence-electron chi connectivity index (χ1n) is 52.6. The van der Waals surface area contributed by atoms with E-state index in [9.17, 15) is 38.4 Å². The molecular formula is C126H168Cl5N9O10. The first-order valence-corrected chi connectivity index (χ1v) is 54.2. The number of halogens is 5. The maximum atomic E-state index is 11.7.